The lowest BCUT2D eigenvalue weighted by Gasteiger charge is -2.34. The summed E-state index contributed by atoms with van der Waals surface area (Å²) in [6.45, 7) is 5.02. The summed E-state index contributed by atoms with van der Waals surface area (Å²) < 4.78 is 0.827. The van der Waals surface area contributed by atoms with Crippen LogP contribution in [0.2, 0.25) is 4.34 Å². The Bertz CT molecular complexity index is 489. The molecule has 1 fully saturated rings. The van der Waals surface area contributed by atoms with Crippen LogP contribution < -0.4 is 5.32 Å². The molecule has 0 aromatic carbocycles. The lowest BCUT2D eigenvalue weighted by Crippen LogP contribution is -2.50. The van der Waals surface area contributed by atoms with E-state index in [0.29, 0.717) is 13.1 Å². The fourth-order valence-corrected chi connectivity index (χ4v) is 3.30. The van der Waals surface area contributed by atoms with Crippen LogP contribution in [0.1, 0.15) is 4.88 Å². The van der Waals surface area contributed by atoms with Crippen molar-refractivity contribution in [3.63, 3.8) is 0 Å². The van der Waals surface area contributed by atoms with Crippen molar-refractivity contribution >= 4 is 28.8 Å². The van der Waals surface area contributed by atoms with Crippen molar-refractivity contribution in [3.8, 4) is 12.3 Å². The van der Waals surface area contributed by atoms with E-state index in [1.807, 2.05) is 11.0 Å². The van der Waals surface area contributed by atoms with Gasteiger partial charge in [0.05, 0.1) is 17.4 Å². The van der Waals surface area contributed by atoms with Crippen molar-refractivity contribution in [3.05, 3.63) is 21.3 Å². The van der Waals surface area contributed by atoms with Crippen molar-refractivity contribution in [1.82, 2.24) is 15.1 Å². The van der Waals surface area contributed by atoms with Crippen LogP contribution in [-0.4, -0.2) is 55.0 Å². The minimum atomic E-state index is 0.124. The van der Waals surface area contributed by atoms with Crippen LogP contribution in [0, 0.1) is 12.3 Å². The number of carbonyl (C=O) groups is 1. The zero-order valence-electron chi connectivity index (χ0n) is 11.3. The van der Waals surface area contributed by atoms with E-state index in [1.165, 1.54) is 4.88 Å². The van der Waals surface area contributed by atoms with E-state index in [4.69, 9.17) is 18.0 Å². The van der Waals surface area contributed by atoms with Gasteiger partial charge in [0.1, 0.15) is 0 Å². The molecule has 1 aromatic rings. The number of terminal acetylenes is 1. The third-order valence-corrected chi connectivity index (χ3v) is 4.45. The Kier molecular flexibility index (Phi) is 5.86. The van der Waals surface area contributed by atoms with Gasteiger partial charge in [-0.05, 0) is 12.1 Å². The van der Waals surface area contributed by atoms with E-state index < -0.39 is 0 Å². The van der Waals surface area contributed by atoms with Gasteiger partial charge in [-0.2, -0.15) is 0 Å². The second-order valence-corrected chi connectivity index (χ2v) is 6.47. The molecule has 20 heavy (non-hydrogen) atoms. The van der Waals surface area contributed by atoms with E-state index in [1.54, 1.807) is 11.3 Å². The molecule has 0 atom stereocenters. The van der Waals surface area contributed by atoms with Crippen molar-refractivity contribution in [2.45, 2.75) is 6.54 Å². The van der Waals surface area contributed by atoms with Gasteiger partial charge < -0.3 is 4.90 Å². The van der Waals surface area contributed by atoms with Gasteiger partial charge in [0, 0.05) is 37.6 Å². The monoisotopic (exact) mass is 311 g/mol. The van der Waals surface area contributed by atoms with Crippen LogP contribution in [0.5, 0.6) is 0 Å². The molecule has 2 rings (SSSR count). The van der Waals surface area contributed by atoms with Crippen LogP contribution in [0.15, 0.2) is 12.1 Å². The first-order valence-electron chi connectivity index (χ1n) is 6.57. The van der Waals surface area contributed by atoms with Gasteiger partial charge in [-0.1, -0.05) is 17.5 Å². The molecule has 0 unspecified atom stereocenters. The molecule has 1 N–H and O–H groups in total. The highest BCUT2D eigenvalue weighted by atomic mass is 35.5. The zero-order chi connectivity index (χ0) is 14.4. The topological polar surface area (TPSA) is 35.6 Å². The predicted molar refractivity (Wildman–Crippen MR) is 82.9 cm³/mol. The second-order valence-electron chi connectivity index (χ2n) is 4.67. The third kappa shape index (κ3) is 4.50. The Morgan fingerprint density at radius 2 is 2.15 bits per heavy atom. The predicted octanol–water partition coefficient (Wildman–Crippen LogP) is 1.27. The van der Waals surface area contributed by atoms with Gasteiger partial charge in [0.2, 0.25) is 5.91 Å². The normalized spacial score (nSPS) is 16.1. The molecule has 2 heterocycles. The summed E-state index contributed by atoms with van der Waals surface area (Å²) in [6, 6.07) is 3.99. The number of nitrogens with one attached hydrogen (secondary N) is 1. The molecule has 0 radical (unpaired) electrons. The number of amides is 1. The maximum absolute atomic E-state index is 11.9. The van der Waals surface area contributed by atoms with Gasteiger partial charge in [0.15, 0.2) is 0 Å². The quantitative estimate of drug-likeness (QED) is 0.657. The number of halogens is 1. The van der Waals surface area contributed by atoms with Crippen molar-refractivity contribution < 1.29 is 4.79 Å². The van der Waals surface area contributed by atoms with E-state index in [-0.39, 0.29) is 5.91 Å². The van der Waals surface area contributed by atoms with Gasteiger partial charge in [-0.3, -0.25) is 15.0 Å². The average Bonchev–Trinajstić information content (AvgIpc) is 2.85. The van der Waals surface area contributed by atoms with E-state index in [2.05, 4.69) is 22.2 Å². The van der Waals surface area contributed by atoms with Gasteiger partial charge in [-0.15, -0.1) is 17.8 Å². The minimum Gasteiger partial charge on any atom is -0.339 e. The van der Waals surface area contributed by atoms with Crippen LogP contribution in [0.4, 0.5) is 0 Å². The highest BCUT2D eigenvalue weighted by Gasteiger charge is 2.20. The Hall–Kier alpha value is -1.06. The highest BCUT2D eigenvalue weighted by Crippen LogP contribution is 2.23. The number of thiophene rings is 1. The van der Waals surface area contributed by atoms with Crippen LogP contribution in [0.3, 0.4) is 0 Å². The Morgan fingerprint density at radius 1 is 1.40 bits per heavy atom. The van der Waals surface area contributed by atoms with E-state index in [9.17, 15) is 4.79 Å². The number of hydrogen-bond donors (Lipinski definition) is 1. The smallest absolute Gasteiger partial charge is 0.236 e. The fraction of sp³-hybridized carbons (Fsp3) is 0.500. The summed E-state index contributed by atoms with van der Waals surface area (Å²) in [5.74, 6) is 2.59. The first kappa shape index (κ1) is 15.3. The summed E-state index contributed by atoms with van der Waals surface area (Å²) in [4.78, 5) is 17.4. The summed E-state index contributed by atoms with van der Waals surface area (Å²) >= 11 is 7.55. The SMILES string of the molecule is C#CCNCC(=O)N1CCN(Cc2ccc(Cl)s2)CC1. The van der Waals surface area contributed by atoms with Crippen LogP contribution in [-0.2, 0) is 11.3 Å². The Morgan fingerprint density at radius 3 is 2.75 bits per heavy atom. The largest absolute Gasteiger partial charge is 0.339 e. The fourth-order valence-electron chi connectivity index (χ4n) is 2.17. The maximum atomic E-state index is 11.9. The van der Waals surface area contributed by atoms with Crippen molar-refractivity contribution in [1.29, 1.82) is 0 Å². The third-order valence-electron chi connectivity index (χ3n) is 3.24. The lowest BCUT2D eigenvalue weighted by molar-refractivity contribution is -0.132. The summed E-state index contributed by atoms with van der Waals surface area (Å²) in [5, 5.41) is 2.93. The molecule has 4 nitrogen and oxygen atoms in total. The molecule has 1 saturated heterocycles. The van der Waals surface area contributed by atoms with E-state index >= 15 is 0 Å². The van der Waals surface area contributed by atoms with Gasteiger partial charge in [0.25, 0.3) is 0 Å². The molecule has 1 aliphatic rings. The molecule has 1 aliphatic heterocycles. The summed E-state index contributed by atoms with van der Waals surface area (Å²) in [7, 11) is 0. The minimum absolute atomic E-state index is 0.124. The summed E-state index contributed by atoms with van der Waals surface area (Å²) in [5.41, 5.74) is 0. The zero-order valence-corrected chi connectivity index (χ0v) is 12.8. The van der Waals surface area contributed by atoms with Crippen molar-refractivity contribution in [2.75, 3.05) is 39.3 Å². The lowest BCUT2D eigenvalue weighted by atomic mass is 10.3. The number of rotatable bonds is 5. The van der Waals surface area contributed by atoms with Gasteiger partial charge in [-0.25, -0.2) is 0 Å². The average molecular weight is 312 g/mol. The second kappa shape index (κ2) is 7.65. The van der Waals surface area contributed by atoms with Crippen LogP contribution in [0.25, 0.3) is 0 Å². The number of hydrogen-bond acceptors (Lipinski definition) is 4. The van der Waals surface area contributed by atoms with Crippen molar-refractivity contribution in [2.24, 2.45) is 0 Å². The molecular weight excluding hydrogens is 294 g/mol. The molecular formula is C14H18ClN3OS. The first-order valence-corrected chi connectivity index (χ1v) is 7.77. The molecule has 1 amide bonds. The molecule has 0 aliphatic carbocycles. The standard InChI is InChI=1S/C14H18ClN3OS/c1-2-5-16-10-14(19)18-8-6-17(7-9-18)11-12-3-4-13(15)20-12/h1,3-4,16H,5-11H2. The number of carbonyl (C=O) groups excluding carboxylic acids is 1. The first-order chi connectivity index (χ1) is 9.69. The molecule has 108 valence electrons. The summed E-state index contributed by atoms with van der Waals surface area (Å²) in [6.07, 6.45) is 5.13. The number of nitrogens with zero attached hydrogens (tertiary/aromatic N) is 2. The molecule has 0 saturated carbocycles. The molecule has 6 heteroatoms. The number of piperazine rings is 1. The highest BCUT2D eigenvalue weighted by molar-refractivity contribution is 7.16. The van der Waals surface area contributed by atoms with Gasteiger partial charge >= 0.3 is 0 Å². The Balaban J connectivity index is 1.72. The molecule has 0 bridgehead atoms. The van der Waals surface area contributed by atoms with Crippen LogP contribution >= 0.6 is 22.9 Å². The Labute approximate surface area is 128 Å². The van der Waals surface area contributed by atoms with E-state index in [0.717, 1.165) is 37.1 Å². The maximum Gasteiger partial charge on any atom is 0.236 e. The molecule has 1 aromatic heterocycles. The molecule has 0 spiro atoms.